The van der Waals surface area contributed by atoms with Gasteiger partial charge in [-0.05, 0) is 36.2 Å². The van der Waals surface area contributed by atoms with Gasteiger partial charge in [0.2, 0.25) is 0 Å². The van der Waals surface area contributed by atoms with Crippen LogP contribution in [0.1, 0.15) is 17.5 Å². The number of hydrogen-bond donors (Lipinski definition) is 2. The first-order chi connectivity index (χ1) is 13.6. The van der Waals surface area contributed by atoms with Crippen molar-refractivity contribution in [1.29, 1.82) is 0 Å². The van der Waals surface area contributed by atoms with Crippen LogP contribution in [0.5, 0.6) is 0 Å². The Morgan fingerprint density at radius 3 is 2.33 bits per heavy atom. The van der Waals surface area contributed by atoms with Gasteiger partial charge in [0.15, 0.2) is 15.8 Å². The summed E-state index contributed by atoms with van der Waals surface area (Å²) in [5.41, 5.74) is -1.19. The molecular weight excluding hydrogens is 537 g/mol. The first-order valence-corrected chi connectivity index (χ1v) is 10.4. The van der Waals surface area contributed by atoms with Crippen LogP contribution in [0.2, 0.25) is 0 Å². The molecular formula is C19H22F4IN3O2S. The van der Waals surface area contributed by atoms with E-state index in [2.05, 4.69) is 15.6 Å². The lowest BCUT2D eigenvalue weighted by molar-refractivity contribution is -0.138. The monoisotopic (exact) mass is 559 g/mol. The summed E-state index contributed by atoms with van der Waals surface area (Å²) in [7, 11) is -1.97. The zero-order chi connectivity index (χ0) is 21.5. The molecule has 0 radical (unpaired) electrons. The number of benzene rings is 2. The van der Waals surface area contributed by atoms with Crippen LogP contribution in [0.25, 0.3) is 0 Å². The molecule has 0 amide bonds. The molecule has 0 saturated carbocycles. The Labute approximate surface area is 189 Å². The molecule has 0 saturated heterocycles. The summed E-state index contributed by atoms with van der Waals surface area (Å²) in [5, 5.41) is 5.57. The van der Waals surface area contributed by atoms with Crippen molar-refractivity contribution < 1.29 is 26.0 Å². The van der Waals surface area contributed by atoms with Gasteiger partial charge in [0.1, 0.15) is 5.82 Å². The van der Waals surface area contributed by atoms with E-state index in [0.717, 1.165) is 12.1 Å². The first-order valence-electron chi connectivity index (χ1n) is 8.71. The van der Waals surface area contributed by atoms with Crippen molar-refractivity contribution >= 4 is 39.8 Å². The van der Waals surface area contributed by atoms with E-state index in [9.17, 15) is 26.0 Å². The lowest BCUT2D eigenvalue weighted by Gasteiger charge is -2.16. The van der Waals surface area contributed by atoms with Crippen molar-refractivity contribution in [2.24, 2.45) is 4.99 Å². The van der Waals surface area contributed by atoms with E-state index >= 15 is 0 Å². The van der Waals surface area contributed by atoms with Crippen molar-refractivity contribution in [3.8, 4) is 0 Å². The number of aliphatic imine (C=N–C) groups is 1. The second-order valence-corrected chi connectivity index (χ2v) is 8.25. The number of rotatable bonds is 7. The molecule has 0 fully saturated rings. The number of sulfone groups is 1. The van der Waals surface area contributed by atoms with E-state index in [1.165, 1.54) is 19.2 Å². The van der Waals surface area contributed by atoms with Gasteiger partial charge in [-0.2, -0.15) is 13.2 Å². The van der Waals surface area contributed by atoms with Gasteiger partial charge in [0, 0.05) is 20.1 Å². The SMILES string of the molecule is CN=C(NCCCS(=O)(=O)c1ccccc1)NCc1ccc(F)cc1C(F)(F)F.I. The molecule has 2 rings (SSSR count). The highest BCUT2D eigenvalue weighted by molar-refractivity contribution is 14.0. The van der Waals surface area contributed by atoms with E-state index in [1.54, 1.807) is 18.2 Å². The molecule has 0 aromatic heterocycles. The molecule has 0 aliphatic rings. The third-order valence-corrected chi connectivity index (χ3v) is 5.85. The minimum atomic E-state index is -4.68. The Balaban J connectivity index is 0.00000450. The standard InChI is InChI=1S/C19H21F4N3O2S.HI/c1-24-18(25-10-5-11-29(27,28)16-6-3-2-4-7-16)26-13-14-8-9-15(20)12-17(14)19(21,22)23;/h2-4,6-9,12H,5,10-11,13H2,1H3,(H2,24,25,26);1H. The molecule has 166 valence electrons. The van der Waals surface area contributed by atoms with Crippen LogP contribution in [-0.2, 0) is 22.6 Å². The van der Waals surface area contributed by atoms with Gasteiger partial charge in [-0.15, -0.1) is 24.0 Å². The van der Waals surface area contributed by atoms with Crippen molar-refractivity contribution in [2.75, 3.05) is 19.3 Å². The molecule has 11 heteroatoms. The van der Waals surface area contributed by atoms with Crippen molar-refractivity contribution in [2.45, 2.75) is 24.0 Å². The second kappa shape index (κ2) is 11.5. The Kier molecular flexibility index (Phi) is 10.0. The number of nitrogens with one attached hydrogen (secondary N) is 2. The summed E-state index contributed by atoms with van der Waals surface area (Å²) in [5.74, 6) is -0.847. The van der Waals surface area contributed by atoms with Gasteiger partial charge in [0.05, 0.1) is 16.2 Å². The van der Waals surface area contributed by atoms with Crippen molar-refractivity contribution in [1.82, 2.24) is 10.6 Å². The Bertz CT molecular complexity index is 952. The maximum Gasteiger partial charge on any atom is 0.416 e. The van der Waals surface area contributed by atoms with E-state index < -0.39 is 27.4 Å². The quantitative estimate of drug-likeness (QED) is 0.177. The van der Waals surface area contributed by atoms with Gasteiger partial charge in [-0.25, -0.2) is 12.8 Å². The minimum Gasteiger partial charge on any atom is -0.356 e. The first kappa shape index (κ1) is 26.1. The molecule has 0 bridgehead atoms. The lowest BCUT2D eigenvalue weighted by atomic mass is 10.1. The highest BCUT2D eigenvalue weighted by Crippen LogP contribution is 2.32. The van der Waals surface area contributed by atoms with Crippen LogP contribution in [0, 0.1) is 5.82 Å². The van der Waals surface area contributed by atoms with Gasteiger partial charge >= 0.3 is 6.18 Å². The molecule has 2 aromatic carbocycles. The van der Waals surface area contributed by atoms with Gasteiger partial charge in [0.25, 0.3) is 0 Å². The molecule has 0 unspecified atom stereocenters. The van der Waals surface area contributed by atoms with Gasteiger partial charge < -0.3 is 10.6 Å². The predicted molar refractivity (Wildman–Crippen MR) is 118 cm³/mol. The Hall–Kier alpha value is -1.89. The number of guanidine groups is 1. The van der Waals surface area contributed by atoms with Crippen LogP contribution in [0.4, 0.5) is 17.6 Å². The van der Waals surface area contributed by atoms with E-state index in [-0.39, 0.29) is 65.7 Å². The summed E-state index contributed by atoms with van der Waals surface area (Å²) in [6, 6.07) is 10.5. The summed E-state index contributed by atoms with van der Waals surface area (Å²) < 4.78 is 76.7. The molecule has 2 N–H and O–H groups in total. The van der Waals surface area contributed by atoms with Crippen molar-refractivity contribution in [3.63, 3.8) is 0 Å². The molecule has 0 aliphatic carbocycles. The van der Waals surface area contributed by atoms with Crippen LogP contribution >= 0.6 is 24.0 Å². The summed E-state index contributed by atoms with van der Waals surface area (Å²) in [4.78, 5) is 4.13. The van der Waals surface area contributed by atoms with Crippen LogP contribution < -0.4 is 10.6 Å². The third-order valence-electron chi connectivity index (χ3n) is 4.03. The van der Waals surface area contributed by atoms with E-state index in [1.807, 2.05) is 0 Å². The number of halogens is 5. The average Bonchev–Trinajstić information content (AvgIpc) is 2.68. The predicted octanol–water partition coefficient (Wildman–Crippen LogP) is 3.99. The topological polar surface area (TPSA) is 70.6 Å². The zero-order valence-electron chi connectivity index (χ0n) is 16.0. The fourth-order valence-electron chi connectivity index (χ4n) is 2.58. The van der Waals surface area contributed by atoms with E-state index in [4.69, 9.17) is 0 Å². The maximum atomic E-state index is 13.2. The number of nitrogens with zero attached hydrogens (tertiary/aromatic N) is 1. The Morgan fingerprint density at radius 2 is 1.73 bits per heavy atom. The third kappa shape index (κ3) is 7.74. The summed E-state index contributed by atoms with van der Waals surface area (Å²) in [6.07, 6.45) is -4.40. The van der Waals surface area contributed by atoms with E-state index in [0.29, 0.717) is 6.07 Å². The largest absolute Gasteiger partial charge is 0.416 e. The molecule has 2 aromatic rings. The summed E-state index contributed by atoms with van der Waals surface area (Å²) >= 11 is 0. The lowest BCUT2D eigenvalue weighted by Crippen LogP contribution is -2.38. The normalized spacial score (nSPS) is 12.2. The fraction of sp³-hybridized carbons (Fsp3) is 0.316. The fourth-order valence-corrected chi connectivity index (χ4v) is 3.91. The molecule has 0 aliphatic heterocycles. The van der Waals surface area contributed by atoms with Crippen LogP contribution in [-0.4, -0.2) is 33.7 Å². The molecule has 30 heavy (non-hydrogen) atoms. The van der Waals surface area contributed by atoms with Crippen LogP contribution in [0.15, 0.2) is 58.4 Å². The highest BCUT2D eigenvalue weighted by atomic mass is 127. The average molecular weight is 559 g/mol. The molecule has 5 nitrogen and oxygen atoms in total. The number of alkyl halides is 3. The highest BCUT2D eigenvalue weighted by Gasteiger charge is 2.33. The van der Waals surface area contributed by atoms with Crippen molar-refractivity contribution in [3.05, 3.63) is 65.5 Å². The molecule has 0 heterocycles. The molecule has 0 atom stereocenters. The number of hydrogen-bond acceptors (Lipinski definition) is 3. The van der Waals surface area contributed by atoms with Crippen LogP contribution in [0.3, 0.4) is 0 Å². The Morgan fingerprint density at radius 1 is 1.07 bits per heavy atom. The minimum absolute atomic E-state index is 0. The zero-order valence-corrected chi connectivity index (χ0v) is 19.2. The van der Waals surface area contributed by atoms with Gasteiger partial charge in [-0.3, -0.25) is 4.99 Å². The summed E-state index contributed by atoms with van der Waals surface area (Å²) in [6.45, 7) is 0.0262. The smallest absolute Gasteiger partial charge is 0.356 e. The molecule has 0 spiro atoms. The van der Waals surface area contributed by atoms with Gasteiger partial charge in [-0.1, -0.05) is 24.3 Å². The maximum absolute atomic E-state index is 13.2. The second-order valence-electron chi connectivity index (χ2n) is 6.14.